The Hall–Kier alpha value is -2.34. The van der Waals surface area contributed by atoms with Gasteiger partial charge in [-0.2, -0.15) is 10.2 Å². The van der Waals surface area contributed by atoms with Gasteiger partial charge in [0.05, 0.1) is 22.5 Å². The van der Waals surface area contributed by atoms with E-state index in [-0.39, 0.29) is 6.04 Å². The van der Waals surface area contributed by atoms with Crippen LogP contribution in [0.2, 0.25) is 0 Å². The van der Waals surface area contributed by atoms with Crippen LogP contribution < -0.4 is 5.32 Å². The van der Waals surface area contributed by atoms with Crippen LogP contribution in [0.4, 0.5) is 11.5 Å². The van der Waals surface area contributed by atoms with Gasteiger partial charge in [-0.1, -0.05) is 6.07 Å². The van der Waals surface area contributed by atoms with Crippen LogP contribution in [0.25, 0.3) is 10.9 Å². The van der Waals surface area contributed by atoms with Crippen molar-refractivity contribution in [2.75, 3.05) is 5.32 Å². The number of rotatable bonds is 4. The van der Waals surface area contributed by atoms with Crippen molar-refractivity contribution in [2.24, 2.45) is 7.05 Å². The van der Waals surface area contributed by atoms with Crippen LogP contribution >= 0.6 is 0 Å². The Labute approximate surface area is 142 Å². The molecule has 0 amide bonds. The molecular weight excluding hydrogens is 302 g/mol. The van der Waals surface area contributed by atoms with E-state index in [0.29, 0.717) is 0 Å². The van der Waals surface area contributed by atoms with Gasteiger partial charge in [0.1, 0.15) is 0 Å². The molecule has 6 nitrogen and oxygen atoms in total. The van der Waals surface area contributed by atoms with E-state index >= 15 is 0 Å². The summed E-state index contributed by atoms with van der Waals surface area (Å²) in [7, 11) is 1.90. The van der Waals surface area contributed by atoms with E-state index in [4.69, 9.17) is 5.10 Å². The van der Waals surface area contributed by atoms with Crippen molar-refractivity contribution in [3.05, 3.63) is 35.7 Å². The second kappa shape index (κ2) is 5.63. The maximum atomic E-state index is 10.3. The molecule has 0 saturated heterocycles. The second-order valence-electron chi connectivity index (χ2n) is 7.10. The molecule has 0 aliphatic carbocycles. The largest absolute Gasteiger partial charge is 0.386 e. The Morgan fingerprint density at radius 1 is 1.21 bits per heavy atom. The SMILES string of the molecule is Cc1nn(C)cc1Nc1nn(C(C)C)c2ccc(C(C)(C)O)cc12. The molecule has 1 aromatic carbocycles. The topological polar surface area (TPSA) is 67.9 Å². The van der Waals surface area contributed by atoms with E-state index in [2.05, 4.69) is 24.3 Å². The highest BCUT2D eigenvalue weighted by Gasteiger charge is 2.20. The number of anilines is 2. The lowest BCUT2D eigenvalue weighted by molar-refractivity contribution is 0.0787. The third kappa shape index (κ3) is 2.89. The summed E-state index contributed by atoms with van der Waals surface area (Å²) in [6, 6.07) is 6.24. The number of benzene rings is 1. The molecule has 0 saturated carbocycles. The molecule has 0 aliphatic heterocycles. The molecule has 6 heteroatoms. The van der Waals surface area contributed by atoms with Gasteiger partial charge < -0.3 is 10.4 Å². The summed E-state index contributed by atoms with van der Waals surface area (Å²) < 4.78 is 3.78. The lowest BCUT2D eigenvalue weighted by atomic mass is 9.97. The zero-order valence-corrected chi connectivity index (χ0v) is 15.1. The summed E-state index contributed by atoms with van der Waals surface area (Å²) in [6.45, 7) is 9.76. The van der Waals surface area contributed by atoms with Gasteiger partial charge in [-0.25, -0.2) is 0 Å². The number of aromatic nitrogens is 4. The third-order valence-corrected chi connectivity index (χ3v) is 4.17. The molecule has 24 heavy (non-hydrogen) atoms. The first-order valence-corrected chi connectivity index (χ1v) is 8.19. The van der Waals surface area contributed by atoms with Crippen molar-refractivity contribution in [3.8, 4) is 0 Å². The molecule has 0 bridgehead atoms. The molecular formula is C18H25N5O. The number of hydrogen-bond acceptors (Lipinski definition) is 4. The normalized spacial score (nSPS) is 12.3. The molecule has 0 unspecified atom stereocenters. The van der Waals surface area contributed by atoms with Gasteiger partial charge >= 0.3 is 0 Å². The van der Waals surface area contributed by atoms with Gasteiger partial charge in [0.25, 0.3) is 0 Å². The van der Waals surface area contributed by atoms with Crippen LogP contribution in [0.5, 0.6) is 0 Å². The molecule has 2 heterocycles. The predicted octanol–water partition coefficient (Wildman–Crippen LogP) is 3.63. The highest BCUT2D eigenvalue weighted by atomic mass is 16.3. The van der Waals surface area contributed by atoms with Gasteiger partial charge in [0.2, 0.25) is 0 Å². The number of aryl methyl sites for hydroxylation is 2. The zero-order valence-electron chi connectivity index (χ0n) is 15.1. The summed E-state index contributed by atoms with van der Waals surface area (Å²) in [5.41, 5.74) is 2.87. The Balaban J connectivity index is 2.16. The average molecular weight is 327 g/mol. The monoisotopic (exact) mass is 327 g/mol. The summed E-state index contributed by atoms with van der Waals surface area (Å²) in [6.07, 6.45) is 1.94. The second-order valence-corrected chi connectivity index (χ2v) is 7.10. The Kier molecular flexibility index (Phi) is 3.87. The van der Waals surface area contributed by atoms with E-state index in [1.165, 1.54) is 0 Å². The van der Waals surface area contributed by atoms with Crippen LogP contribution in [0.3, 0.4) is 0 Å². The van der Waals surface area contributed by atoms with Gasteiger partial charge in [-0.15, -0.1) is 0 Å². The van der Waals surface area contributed by atoms with Gasteiger partial charge in [0.15, 0.2) is 5.82 Å². The molecule has 2 aromatic heterocycles. The zero-order chi connectivity index (χ0) is 17.6. The summed E-state index contributed by atoms with van der Waals surface area (Å²) in [5.74, 6) is 0.779. The fraction of sp³-hybridized carbons (Fsp3) is 0.444. The Bertz CT molecular complexity index is 883. The van der Waals surface area contributed by atoms with Gasteiger partial charge in [0, 0.05) is 24.7 Å². The number of nitrogens with zero attached hydrogens (tertiary/aromatic N) is 4. The van der Waals surface area contributed by atoms with E-state index in [1.54, 1.807) is 18.5 Å². The molecule has 128 valence electrons. The maximum Gasteiger partial charge on any atom is 0.160 e. The van der Waals surface area contributed by atoms with Crippen LogP contribution in [0, 0.1) is 6.92 Å². The minimum atomic E-state index is -0.893. The Morgan fingerprint density at radius 2 is 1.92 bits per heavy atom. The molecule has 0 radical (unpaired) electrons. The quantitative estimate of drug-likeness (QED) is 0.768. The summed E-state index contributed by atoms with van der Waals surface area (Å²) in [5, 5.41) is 23.8. The van der Waals surface area contributed by atoms with Crippen molar-refractivity contribution in [1.29, 1.82) is 0 Å². The smallest absolute Gasteiger partial charge is 0.160 e. The van der Waals surface area contributed by atoms with Gasteiger partial charge in [-0.05, 0) is 52.3 Å². The lowest BCUT2D eigenvalue weighted by Gasteiger charge is -2.18. The number of fused-ring (bicyclic) bond motifs is 1. The molecule has 2 N–H and O–H groups in total. The van der Waals surface area contributed by atoms with Crippen LogP contribution in [-0.2, 0) is 12.6 Å². The molecule has 3 aromatic rings. The average Bonchev–Trinajstić information content (AvgIpc) is 2.98. The van der Waals surface area contributed by atoms with Crippen LogP contribution in [0.1, 0.15) is 45.0 Å². The van der Waals surface area contributed by atoms with E-state index in [0.717, 1.165) is 33.7 Å². The highest BCUT2D eigenvalue weighted by Crippen LogP contribution is 2.32. The van der Waals surface area contributed by atoms with E-state index in [1.807, 2.05) is 43.0 Å². The molecule has 0 spiro atoms. The first-order valence-electron chi connectivity index (χ1n) is 8.19. The van der Waals surface area contributed by atoms with Crippen molar-refractivity contribution in [1.82, 2.24) is 19.6 Å². The highest BCUT2D eigenvalue weighted by molar-refractivity contribution is 5.92. The van der Waals surface area contributed by atoms with E-state index in [9.17, 15) is 5.11 Å². The molecule has 3 rings (SSSR count). The van der Waals surface area contributed by atoms with Crippen LogP contribution in [0.15, 0.2) is 24.4 Å². The summed E-state index contributed by atoms with van der Waals surface area (Å²) >= 11 is 0. The Morgan fingerprint density at radius 3 is 2.46 bits per heavy atom. The van der Waals surface area contributed by atoms with Crippen molar-refractivity contribution < 1.29 is 5.11 Å². The minimum absolute atomic E-state index is 0.242. The lowest BCUT2D eigenvalue weighted by Crippen LogP contribution is -2.15. The molecule has 0 fully saturated rings. The first kappa shape index (κ1) is 16.5. The minimum Gasteiger partial charge on any atom is -0.386 e. The summed E-state index contributed by atoms with van der Waals surface area (Å²) in [4.78, 5) is 0. The van der Waals surface area contributed by atoms with Crippen molar-refractivity contribution in [2.45, 2.75) is 46.3 Å². The maximum absolute atomic E-state index is 10.3. The van der Waals surface area contributed by atoms with Crippen molar-refractivity contribution >= 4 is 22.4 Å². The number of nitrogens with one attached hydrogen (secondary N) is 1. The predicted molar refractivity (Wildman–Crippen MR) is 96.6 cm³/mol. The fourth-order valence-electron chi connectivity index (χ4n) is 2.86. The molecule has 0 atom stereocenters. The van der Waals surface area contributed by atoms with Crippen molar-refractivity contribution in [3.63, 3.8) is 0 Å². The number of hydrogen-bond donors (Lipinski definition) is 2. The van der Waals surface area contributed by atoms with Gasteiger partial charge in [-0.3, -0.25) is 9.36 Å². The fourth-order valence-corrected chi connectivity index (χ4v) is 2.86. The molecule has 0 aliphatic rings. The number of aliphatic hydroxyl groups is 1. The van der Waals surface area contributed by atoms with Crippen LogP contribution in [-0.4, -0.2) is 24.7 Å². The standard InChI is InChI=1S/C18H25N5O/c1-11(2)23-16-8-7-13(18(4,5)24)9-14(16)17(21-23)19-15-10-22(6)20-12(15)3/h7-11,24H,1-6H3,(H,19,21). The van der Waals surface area contributed by atoms with E-state index < -0.39 is 5.60 Å². The third-order valence-electron chi connectivity index (χ3n) is 4.17. The first-order chi connectivity index (χ1) is 11.2.